The van der Waals surface area contributed by atoms with E-state index in [4.69, 9.17) is 27.9 Å². The second-order valence-corrected chi connectivity index (χ2v) is 7.25. The highest BCUT2D eigenvalue weighted by molar-refractivity contribution is 6.33. The fourth-order valence-electron chi connectivity index (χ4n) is 3.12. The molecule has 2 aromatic carbocycles. The van der Waals surface area contributed by atoms with Gasteiger partial charge in [-0.1, -0.05) is 41.4 Å². The van der Waals surface area contributed by atoms with Gasteiger partial charge in [0, 0.05) is 17.6 Å². The number of carbonyl (C=O) groups is 1. The highest BCUT2D eigenvalue weighted by atomic mass is 35.5. The molecular weight excluding hydrogens is 371 g/mol. The topological polar surface area (TPSA) is 41.6 Å². The van der Waals surface area contributed by atoms with Crippen LogP contribution in [0.1, 0.15) is 19.8 Å². The number of amides is 1. The summed E-state index contributed by atoms with van der Waals surface area (Å²) < 4.78 is 5.82. The van der Waals surface area contributed by atoms with Crippen LogP contribution in [0.15, 0.2) is 48.5 Å². The fraction of sp³-hybridized carbons (Fsp3) is 0.350. The zero-order valence-electron chi connectivity index (χ0n) is 14.6. The maximum atomic E-state index is 13.2. The minimum atomic E-state index is -0.661. The van der Waals surface area contributed by atoms with Crippen LogP contribution < -0.4 is 15.0 Å². The summed E-state index contributed by atoms with van der Waals surface area (Å²) in [5.74, 6) is 0.434. The van der Waals surface area contributed by atoms with Crippen LogP contribution in [0, 0.1) is 0 Å². The van der Waals surface area contributed by atoms with Gasteiger partial charge in [0.25, 0.3) is 5.91 Å². The Labute approximate surface area is 164 Å². The summed E-state index contributed by atoms with van der Waals surface area (Å²) in [6.45, 7) is 3.28. The molecule has 2 atom stereocenters. The number of nitrogens with zero attached hydrogens (tertiary/aromatic N) is 1. The molecule has 0 saturated carbocycles. The molecule has 0 aromatic heterocycles. The van der Waals surface area contributed by atoms with Gasteiger partial charge in [-0.3, -0.25) is 4.79 Å². The van der Waals surface area contributed by atoms with E-state index in [0.29, 0.717) is 28.0 Å². The van der Waals surface area contributed by atoms with Crippen molar-refractivity contribution in [3.05, 3.63) is 58.6 Å². The molecule has 1 saturated heterocycles. The van der Waals surface area contributed by atoms with Crippen molar-refractivity contribution in [1.29, 1.82) is 0 Å². The molecule has 26 heavy (non-hydrogen) atoms. The summed E-state index contributed by atoms with van der Waals surface area (Å²) in [5.41, 5.74) is 0.703. The Morgan fingerprint density at radius 1 is 1.27 bits per heavy atom. The number of anilines is 1. The lowest BCUT2D eigenvalue weighted by Gasteiger charge is -2.29. The molecule has 0 spiro atoms. The molecule has 1 amide bonds. The van der Waals surface area contributed by atoms with Gasteiger partial charge in [-0.15, -0.1) is 0 Å². The second-order valence-electron chi connectivity index (χ2n) is 6.41. The van der Waals surface area contributed by atoms with Gasteiger partial charge in [-0.2, -0.15) is 0 Å². The van der Waals surface area contributed by atoms with Crippen molar-refractivity contribution in [2.45, 2.75) is 31.9 Å². The lowest BCUT2D eigenvalue weighted by Crippen LogP contribution is -2.46. The predicted octanol–water partition coefficient (Wildman–Crippen LogP) is 4.55. The molecule has 3 rings (SSSR count). The average Bonchev–Trinajstić information content (AvgIpc) is 3.13. The van der Waals surface area contributed by atoms with Gasteiger partial charge in [0.05, 0.1) is 10.7 Å². The minimum Gasteiger partial charge on any atom is -0.481 e. The van der Waals surface area contributed by atoms with E-state index in [1.165, 1.54) is 0 Å². The smallest absolute Gasteiger partial charge is 0.267 e. The maximum absolute atomic E-state index is 13.2. The number of hydrogen-bond acceptors (Lipinski definition) is 3. The lowest BCUT2D eigenvalue weighted by atomic mass is 10.1. The molecule has 2 aromatic rings. The summed E-state index contributed by atoms with van der Waals surface area (Å²) in [6, 6.07) is 14.7. The molecule has 0 radical (unpaired) electrons. The van der Waals surface area contributed by atoms with E-state index in [1.54, 1.807) is 42.2 Å². The third kappa shape index (κ3) is 4.70. The van der Waals surface area contributed by atoms with E-state index >= 15 is 0 Å². The molecule has 1 aliphatic rings. The van der Waals surface area contributed by atoms with E-state index in [1.807, 2.05) is 18.2 Å². The van der Waals surface area contributed by atoms with Crippen LogP contribution in [-0.4, -0.2) is 31.1 Å². The summed E-state index contributed by atoms with van der Waals surface area (Å²) >= 11 is 12.4. The van der Waals surface area contributed by atoms with Gasteiger partial charge in [-0.25, -0.2) is 0 Å². The normalized spacial score (nSPS) is 17.7. The molecule has 1 aliphatic heterocycles. The number of halogens is 2. The molecule has 1 fully saturated rings. The first-order valence-electron chi connectivity index (χ1n) is 8.76. The van der Waals surface area contributed by atoms with Crippen LogP contribution >= 0.6 is 23.2 Å². The molecule has 4 nitrogen and oxygen atoms in total. The second kappa shape index (κ2) is 8.76. The molecular formula is C20H22Cl2N2O2. The van der Waals surface area contributed by atoms with Crippen molar-refractivity contribution in [3.63, 3.8) is 0 Å². The third-order valence-corrected chi connectivity index (χ3v) is 4.99. The van der Waals surface area contributed by atoms with Crippen molar-refractivity contribution >= 4 is 34.8 Å². The van der Waals surface area contributed by atoms with E-state index < -0.39 is 6.10 Å². The van der Waals surface area contributed by atoms with Crippen molar-refractivity contribution in [3.8, 4) is 5.75 Å². The zero-order valence-corrected chi connectivity index (χ0v) is 16.1. The van der Waals surface area contributed by atoms with Crippen LogP contribution in [-0.2, 0) is 4.79 Å². The van der Waals surface area contributed by atoms with Gasteiger partial charge < -0.3 is 15.0 Å². The van der Waals surface area contributed by atoms with Gasteiger partial charge in [0.1, 0.15) is 5.75 Å². The first-order chi connectivity index (χ1) is 12.5. The van der Waals surface area contributed by atoms with Gasteiger partial charge >= 0.3 is 0 Å². The number of ether oxygens (including phenoxy) is 1. The first-order valence-corrected chi connectivity index (χ1v) is 9.51. The predicted molar refractivity (Wildman–Crippen MR) is 106 cm³/mol. The monoisotopic (exact) mass is 392 g/mol. The highest BCUT2D eigenvalue weighted by Gasteiger charge is 2.28. The zero-order chi connectivity index (χ0) is 18.5. The number of carbonyl (C=O) groups excluding carboxylic acids is 1. The van der Waals surface area contributed by atoms with Gasteiger partial charge in [0.2, 0.25) is 0 Å². The Balaban J connectivity index is 1.80. The SMILES string of the molecule is CC(Oc1cccc(Cl)c1)C(=O)N(C[C@H]1CCCN1)c1ccccc1Cl. The van der Waals surface area contributed by atoms with E-state index in [2.05, 4.69) is 5.32 Å². The van der Waals surface area contributed by atoms with Crippen LogP contribution in [0.2, 0.25) is 10.0 Å². The number of para-hydroxylation sites is 1. The van der Waals surface area contributed by atoms with Gasteiger partial charge in [0.15, 0.2) is 6.10 Å². The Kier molecular flexibility index (Phi) is 6.41. The minimum absolute atomic E-state index is 0.133. The summed E-state index contributed by atoms with van der Waals surface area (Å²) in [6.07, 6.45) is 1.49. The van der Waals surface area contributed by atoms with E-state index in [0.717, 1.165) is 19.4 Å². The maximum Gasteiger partial charge on any atom is 0.267 e. The first kappa shape index (κ1) is 19.0. The quantitative estimate of drug-likeness (QED) is 0.783. The Morgan fingerprint density at radius 3 is 2.77 bits per heavy atom. The molecule has 1 heterocycles. The van der Waals surface area contributed by atoms with Crippen LogP contribution in [0.4, 0.5) is 5.69 Å². The molecule has 0 aliphatic carbocycles. The number of benzene rings is 2. The van der Waals surface area contributed by atoms with Crippen molar-refractivity contribution in [2.24, 2.45) is 0 Å². The largest absolute Gasteiger partial charge is 0.481 e. The fourth-order valence-corrected chi connectivity index (χ4v) is 3.54. The van der Waals surface area contributed by atoms with Crippen LogP contribution in [0.3, 0.4) is 0 Å². The lowest BCUT2D eigenvalue weighted by molar-refractivity contribution is -0.124. The van der Waals surface area contributed by atoms with Crippen LogP contribution in [0.5, 0.6) is 5.75 Å². The van der Waals surface area contributed by atoms with Crippen molar-refractivity contribution < 1.29 is 9.53 Å². The number of hydrogen-bond donors (Lipinski definition) is 1. The van der Waals surface area contributed by atoms with E-state index in [9.17, 15) is 4.79 Å². The summed E-state index contributed by atoms with van der Waals surface area (Å²) in [4.78, 5) is 14.9. The number of rotatable bonds is 6. The molecule has 6 heteroatoms. The third-order valence-electron chi connectivity index (χ3n) is 4.43. The molecule has 138 valence electrons. The van der Waals surface area contributed by atoms with Crippen LogP contribution in [0.25, 0.3) is 0 Å². The average molecular weight is 393 g/mol. The van der Waals surface area contributed by atoms with Crippen molar-refractivity contribution in [1.82, 2.24) is 5.32 Å². The Morgan fingerprint density at radius 2 is 2.08 bits per heavy atom. The summed E-state index contributed by atoms with van der Waals surface area (Å²) in [7, 11) is 0. The Hall–Kier alpha value is -1.75. The van der Waals surface area contributed by atoms with E-state index in [-0.39, 0.29) is 11.9 Å². The summed E-state index contributed by atoms with van der Waals surface area (Å²) in [5, 5.41) is 4.55. The van der Waals surface area contributed by atoms with Gasteiger partial charge in [-0.05, 0) is 56.6 Å². The molecule has 0 bridgehead atoms. The highest BCUT2D eigenvalue weighted by Crippen LogP contribution is 2.28. The van der Waals surface area contributed by atoms with Crippen molar-refractivity contribution in [2.75, 3.05) is 18.0 Å². The molecule has 1 unspecified atom stereocenters. The standard InChI is InChI=1S/C20H22Cl2N2O2/c1-14(26-17-8-4-6-15(21)12-17)20(25)24(13-16-7-5-11-23-16)19-10-3-2-9-18(19)22/h2-4,6,8-10,12,14,16,23H,5,7,11,13H2,1H3/t14?,16-/m1/s1. The Bertz CT molecular complexity index is 763. The molecule has 1 N–H and O–H groups in total. The number of nitrogens with one attached hydrogen (secondary N) is 1.